The predicted molar refractivity (Wildman–Crippen MR) is 102 cm³/mol. The molecule has 1 aromatic heterocycles. The van der Waals surface area contributed by atoms with Crippen LogP contribution in [-0.2, 0) is 11.3 Å². The van der Waals surface area contributed by atoms with Gasteiger partial charge in [-0.3, -0.25) is 9.36 Å². The third-order valence-corrected chi connectivity index (χ3v) is 5.21. The first-order valence-electron chi connectivity index (χ1n) is 9.05. The average Bonchev–Trinajstić information content (AvgIpc) is 3.03. The van der Waals surface area contributed by atoms with Gasteiger partial charge in [-0.05, 0) is 31.0 Å². The van der Waals surface area contributed by atoms with Crippen LogP contribution in [0.2, 0.25) is 0 Å². The summed E-state index contributed by atoms with van der Waals surface area (Å²) in [6.07, 6.45) is 1.87. The molecule has 1 amide bonds. The topological polar surface area (TPSA) is 98.2 Å². The maximum absolute atomic E-state index is 12.3. The third kappa shape index (κ3) is 4.85. The van der Waals surface area contributed by atoms with Gasteiger partial charge < -0.3 is 14.8 Å². The van der Waals surface area contributed by atoms with Gasteiger partial charge in [0.2, 0.25) is 5.91 Å². The number of unbranched alkanes of at least 4 members (excludes halogenated alkanes) is 1. The minimum Gasteiger partial charge on any atom is -0.486 e. The van der Waals surface area contributed by atoms with E-state index >= 15 is 0 Å². The maximum atomic E-state index is 12.3. The van der Waals surface area contributed by atoms with Crippen molar-refractivity contribution < 1.29 is 14.3 Å². The van der Waals surface area contributed by atoms with Crippen LogP contribution in [0.15, 0.2) is 28.2 Å². The van der Waals surface area contributed by atoms with E-state index in [9.17, 15) is 9.59 Å². The zero-order chi connectivity index (χ0) is 19.2. The molecule has 3 rings (SSSR count). The Labute approximate surface area is 161 Å². The van der Waals surface area contributed by atoms with E-state index < -0.39 is 0 Å². The molecular weight excluding hydrogens is 368 g/mol. The van der Waals surface area contributed by atoms with Gasteiger partial charge in [-0.25, -0.2) is 9.89 Å². The molecule has 8 nitrogen and oxygen atoms in total. The van der Waals surface area contributed by atoms with Crippen LogP contribution in [0, 0.1) is 0 Å². The summed E-state index contributed by atoms with van der Waals surface area (Å²) in [5, 5.41) is 9.95. The molecule has 1 aliphatic heterocycles. The molecule has 0 saturated carbocycles. The molecule has 27 heavy (non-hydrogen) atoms. The molecule has 9 heteroatoms. The molecule has 1 unspecified atom stereocenters. The van der Waals surface area contributed by atoms with E-state index in [0.717, 1.165) is 24.2 Å². The van der Waals surface area contributed by atoms with Crippen molar-refractivity contribution in [1.82, 2.24) is 20.1 Å². The summed E-state index contributed by atoms with van der Waals surface area (Å²) in [4.78, 5) is 24.1. The highest BCUT2D eigenvalue weighted by molar-refractivity contribution is 7.99. The van der Waals surface area contributed by atoms with Crippen LogP contribution in [0.1, 0.15) is 38.3 Å². The van der Waals surface area contributed by atoms with Crippen LogP contribution in [0.4, 0.5) is 0 Å². The lowest BCUT2D eigenvalue weighted by atomic mass is 10.1. The molecule has 2 N–H and O–H groups in total. The SMILES string of the molecule is CCCCn1c(SCC(=O)NC(C)c2ccc3c(c2)OCCO3)n[nH]c1=O. The highest BCUT2D eigenvalue weighted by Crippen LogP contribution is 2.32. The molecule has 0 bridgehead atoms. The number of nitrogens with zero attached hydrogens (tertiary/aromatic N) is 2. The standard InChI is InChI=1S/C18H24N4O4S/c1-3-4-7-22-17(24)20-21-18(22)27-11-16(23)19-12(2)13-5-6-14-15(10-13)26-9-8-25-14/h5-6,10,12H,3-4,7-9,11H2,1-2H3,(H,19,23)(H,20,24). The molecule has 0 spiro atoms. The summed E-state index contributed by atoms with van der Waals surface area (Å²) < 4.78 is 12.7. The van der Waals surface area contributed by atoms with Gasteiger partial charge in [-0.15, -0.1) is 5.10 Å². The Morgan fingerprint density at radius 3 is 2.93 bits per heavy atom. The van der Waals surface area contributed by atoms with Gasteiger partial charge in [-0.1, -0.05) is 31.2 Å². The number of carbonyl (C=O) groups excluding carboxylic acids is 1. The van der Waals surface area contributed by atoms with Crippen LogP contribution in [0.25, 0.3) is 0 Å². The fourth-order valence-corrected chi connectivity index (χ4v) is 3.54. The predicted octanol–water partition coefficient (Wildman–Crippen LogP) is 2.11. The van der Waals surface area contributed by atoms with Gasteiger partial charge in [0.15, 0.2) is 16.7 Å². The van der Waals surface area contributed by atoms with Gasteiger partial charge in [0.1, 0.15) is 13.2 Å². The second-order valence-corrected chi connectivity index (χ2v) is 7.24. The van der Waals surface area contributed by atoms with Crippen LogP contribution in [-0.4, -0.2) is 39.6 Å². The molecule has 2 aromatic rings. The van der Waals surface area contributed by atoms with E-state index in [-0.39, 0.29) is 23.4 Å². The lowest BCUT2D eigenvalue weighted by Gasteiger charge is -2.21. The van der Waals surface area contributed by atoms with E-state index in [4.69, 9.17) is 9.47 Å². The highest BCUT2D eigenvalue weighted by atomic mass is 32.2. The number of aromatic amines is 1. The summed E-state index contributed by atoms with van der Waals surface area (Å²) in [5.41, 5.74) is 0.702. The van der Waals surface area contributed by atoms with E-state index in [1.807, 2.05) is 25.1 Å². The monoisotopic (exact) mass is 392 g/mol. The summed E-state index contributed by atoms with van der Waals surface area (Å²) >= 11 is 1.25. The molecule has 0 radical (unpaired) electrons. The number of carbonyl (C=O) groups is 1. The van der Waals surface area contributed by atoms with Gasteiger partial charge in [0, 0.05) is 6.54 Å². The van der Waals surface area contributed by atoms with Crippen LogP contribution >= 0.6 is 11.8 Å². The quantitative estimate of drug-likeness (QED) is 0.668. The summed E-state index contributed by atoms with van der Waals surface area (Å²) in [6.45, 7) is 5.65. The fourth-order valence-electron chi connectivity index (χ4n) is 2.75. The lowest BCUT2D eigenvalue weighted by molar-refractivity contribution is -0.119. The number of aromatic nitrogens is 3. The molecule has 1 aliphatic rings. The Bertz CT molecular complexity index is 848. The van der Waals surface area contributed by atoms with Gasteiger partial charge >= 0.3 is 5.69 Å². The van der Waals surface area contributed by atoms with Crippen molar-refractivity contribution in [2.45, 2.75) is 44.4 Å². The molecule has 2 heterocycles. The normalized spacial score (nSPS) is 14.0. The number of nitrogens with one attached hydrogen (secondary N) is 2. The third-order valence-electron chi connectivity index (χ3n) is 4.23. The van der Waals surface area contributed by atoms with Crippen molar-refractivity contribution >= 4 is 17.7 Å². The Morgan fingerprint density at radius 1 is 1.37 bits per heavy atom. The molecule has 0 aliphatic carbocycles. The Balaban J connectivity index is 1.56. The minimum atomic E-state index is -0.240. The first-order chi connectivity index (χ1) is 13.1. The van der Waals surface area contributed by atoms with Gasteiger partial charge in [0.25, 0.3) is 0 Å². The average molecular weight is 392 g/mol. The first kappa shape index (κ1) is 19.3. The number of rotatable bonds is 8. The zero-order valence-electron chi connectivity index (χ0n) is 15.5. The van der Waals surface area contributed by atoms with E-state index in [1.165, 1.54) is 11.8 Å². The number of thioether (sulfide) groups is 1. The number of hydrogen-bond acceptors (Lipinski definition) is 6. The number of H-pyrrole nitrogens is 1. The van der Waals surface area contributed by atoms with Crippen molar-refractivity contribution in [2.24, 2.45) is 0 Å². The Kier molecular flexibility index (Phi) is 6.44. The van der Waals surface area contributed by atoms with Crippen molar-refractivity contribution in [3.8, 4) is 11.5 Å². The Hall–Kier alpha value is -2.42. The molecule has 0 fully saturated rings. The van der Waals surface area contributed by atoms with Crippen molar-refractivity contribution in [3.05, 3.63) is 34.2 Å². The molecule has 0 saturated heterocycles. The number of benzene rings is 1. The van der Waals surface area contributed by atoms with E-state index in [0.29, 0.717) is 30.7 Å². The summed E-state index contributed by atoms with van der Waals surface area (Å²) in [7, 11) is 0. The zero-order valence-corrected chi connectivity index (χ0v) is 16.3. The number of amides is 1. The van der Waals surface area contributed by atoms with Crippen LogP contribution < -0.4 is 20.5 Å². The molecular formula is C18H24N4O4S. The number of fused-ring (bicyclic) bond motifs is 1. The molecule has 1 atom stereocenters. The number of hydrogen-bond donors (Lipinski definition) is 2. The summed E-state index contributed by atoms with van der Waals surface area (Å²) in [5.74, 6) is 1.49. The van der Waals surface area contributed by atoms with Crippen LogP contribution in [0.3, 0.4) is 0 Å². The minimum absolute atomic E-state index is 0.125. The van der Waals surface area contributed by atoms with Crippen molar-refractivity contribution in [3.63, 3.8) is 0 Å². The first-order valence-corrected chi connectivity index (χ1v) is 10.0. The Morgan fingerprint density at radius 2 is 2.15 bits per heavy atom. The van der Waals surface area contributed by atoms with Crippen LogP contribution in [0.5, 0.6) is 11.5 Å². The highest BCUT2D eigenvalue weighted by Gasteiger charge is 2.17. The van der Waals surface area contributed by atoms with Gasteiger partial charge in [-0.2, -0.15) is 0 Å². The fraction of sp³-hybridized carbons (Fsp3) is 0.500. The smallest absolute Gasteiger partial charge is 0.343 e. The van der Waals surface area contributed by atoms with Crippen molar-refractivity contribution in [2.75, 3.05) is 19.0 Å². The molecule has 146 valence electrons. The number of ether oxygens (including phenoxy) is 2. The second kappa shape index (κ2) is 8.98. The largest absolute Gasteiger partial charge is 0.486 e. The maximum Gasteiger partial charge on any atom is 0.343 e. The van der Waals surface area contributed by atoms with E-state index in [1.54, 1.807) is 4.57 Å². The van der Waals surface area contributed by atoms with E-state index in [2.05, 4.69) is 22.4 Å². The lowest BCUT2D eigenvalue weighted by Crippen LogP contribution is -2.28. The summed E-state index contributed by atoms with van der Waals surface area (Å²) in [6, 6.07) is 5.50. The second-order valence-electron chi connectivity index (χ2n) is 6.30. The van der Waals surface area contributed by atoms with Crippen molar-refractivity contribution in [1.29, 1.82) is 0 Å². The van der Waals surface area contributed by atoms with Gasteiger partial charge in [0.05, 0.1) is 11.8 Å². The molecule has 1 aromatic carbocycles.